The largest absolute Gasteiger partial charge is 0.482 e. The Morgan fingerprint density at radius 3 is 2.68 bits per heavy atom. The summed E-state index contributed by atoms with van der Waals surface area (Å²) in [5, 5.41) is 8.12. The number of pyridine rings is 1. The molecule has 0 aliphatic carbocycles. The van der Waals surface area contributed by atoms with Crippen LogP contribution >= 0.6 is 11.6 Å². The van der Waals surface area contributed by atoms with E-state index in [1.165, 1.54) is 29.9 Å². The SMILES string of the molecule is [B]C1([B])c2cn(C)nc2-c2ccc(F)cc2[C@@H](C)Oc2cc(cnc2NC=O)-c2c1c(Cl)nn2C([B])([B])C. The van der Waals surface area contributed by atoms with Crippen LogP contribution in [0.4, 0.5) is 10.2 Å². The van der Waals surface area contributed by atoms with Gasteiger partial charge in [0.05, 0.1) is 42.8 Å². The van der Waals surface area contributed by atoms with Gasteiger partial charge < -0.3 is 10.1 Å². The van der Waals surface area contributed by atoms with E-state index in [1.807, 2.05) is 0 Å². The van der Waals surface area contributed by atoms with Crippen LogP contribution < -0.4 is 10.1 Å². The first kappa shape index (κ1) is 26.2. The molecule has 0 fully saturated rings. The van der Waals surface area contributed by atoms with Crippen LogP contribution in [0.15, 0.2) is 36.7 Å². The molecule has 4 heterocycles. The van der Waals surface area contributed by atoms with Crippen molar-refractivity contribution in [1.29, 1.82) is 0 Å². The molecule has 2 bridgehead atoms. The quantitative estimate of drug-likeness (QED) is 0.332. The number of halogens is 2. The van der Waals surface area contributed by atoms with E-state index >= 15 is 0 Å². The lowest BCUT2D eigenvalue weighted by atomic mass is 9.47. The highest BCUT2D eigenvalue weighted by Crippen LogP contribution is 2.46. The second kappa shape index (κ2) is 9.08. The average molecular weight is 520 g/mol. The van der Waals surface area contributed by atoms with E-state index in [0.717, 1.165) is 0 Å². The summed E-state index contributed by atoms with van der Waals surface area (Å²) in [6.45, 7) is 3.25. The summed E-state index contributed by atoms with van der Waals surface area (Å²) < 4.78 is 23.6. The number of anilines is 1. The van der Waals surface area contributed by atoms with Crippen LogP contribution in [-0.2, 0) is 22.4 Å². The molecule has 1 N–H and O–H groups in total. The Balaban J connectivity index is 1.94. The lowest BCUT2D eigenvalue weighted by molar-refractivity contribution is -0.105. The summed E-state index contributed by atoms with van der Waals surface area (Å²) >= 11 is 6.67. The van der Waals surface area contributed by atoms with E-state index in [2.05, 4.69) is 20.5 Å². The minimum Gasteiger partial charge on any atom is -0.482 e. The standard InChI is InChI=1S/C24H18B4ClFN6O2/c1-11-15-7-13(30)4-5-14(15)19-16(9-35(3)33-19)24(27,28)18-20(36(23(2,25)26)34-21(18)29)12-6-17(38-11)22(31-8-12)32-10-37/h4-11H,1-3H3,(H,31,32,37)/t11-/m1/s1. The van der Waals surface area contributed by atoms with Crippen molar-refractivity contribution in [2.24, 2.45) is 7.05 Å². The Morgan fingerprint density at radius 1 is 1.26 bits per heavy atom. The van der Waals surface area contributed by atoms with Crippen molar-refractivity contribution >= 4 is 55.2 Å². The maximum absolute atomic E-state index is 14.5. The lowest BCUT2D eigenvalue weighted by Crippen LogP contribution is -2.34. The van der Waals surface area contributed by atoms with Crippen LogP contribution in [0.3, 0.4) is 0 Å². The monoisotopic (exact) mass is 520 g/mol. The van der Waals surface area contributed by atoms with Crippen molar-refractivity contribution in [2.45, 2.75) is 30.5 Å². The normalized spacial score (nSPS) is 16.2. The lowest BCUT2D eigenvalue weighted by Gasteiger charge is -2.31. The summed E-state index contributed by atoms with van der Waals surface area (Å²) in [5.41, 5.74) is 2.62. The molecule has 0 saturated carbocycles. The van der Waals surface area contributed by atoms with Gasteiger partial charge in [0.25, 0.3) is 0 Å². The zero-order chi connectivity index (χ0) is 27.6. The van der Waals surface area contributed by atoms with Crippen molar-refractivity contribution in [2.75, 3.05) is 5.32 Å². The van der Waals surface area contributed by atoms with Gasteiger partial charge in [0.1, 0.15) is 11.9 Å². The van der Waals surface area contributed by atoms with E-state index in [1.54, 1.807) is 37.0 Å². The van der Waals surface area contributed by atoms with Gasteiger partial charge in [0.2, 0.25) is 6.41 Å². The highest BCUT2D eigenvalue weighted by Gasteiger charge is 2.38. The predicted octanol–water partition coefficient (Wildman–Crippen LogP) is 2.67. The van der Waals surface area contributed by atoms with Crippen LogP contribution in [0, 0.1) is 5.82 Å². The third kappa shape index (κ3) is 4.22. The van der Waals surface area contributed by atoms with Gasteiger partial charge in [-0.15, -0.1) is 0 Å². The number of benzene rings is 1. The molecule has 4 aromatic rings. The Hall–Kier alpha value is -3.46. The van der Waals surface area contributed by atoms with Crippen LogP contribution in [-0.4, -0.2) is 62.3 Å². The van der Waals surface area contributed by atoms with E-state index < -0.39 is 22.5 Å². The zero-order valence-corrected chi connectivity index (χ0v) is 21.5. The molecule has 1 amide bonds. The molecule has 182 valence electrons. The van der Waals surface area contributed by atoms with Crippen molar-refractivity contribution < 1.29 is 13.9 Å². The van der Waals surface area contributed by atoms with Gasteiger partial charge in [-0.2, -0.15) is 10.2 Å². The van der Waals surface area contributed by atoms with E-state index in [0.29, 0.717) is 34.4 Å². The summed E-state index contributed by atoms with van der Waals surface area (Å²) in [4.78, 5) is 15.6. The van der Waals surface area contributed by atoms with Gasteiger partial charge >= 0.3 is 0 Å². The number of hydrogen-bond donors (Lipinski definition) is 1. The first-order chi connectivity index (χ1) is 17.8. The first-order valence-corrected chi connectivity index (χ1v) is 11.9. The Kier molecular flexibility index (Phi) is 6.25. The van der Waals surface area contributed by atoms with Gasteiger partial charge in [-0.05, 0) is 47.3 Å². The Morgan fingerprint density at radius 2 is 2.00 bits per heavy atom. The smallest absolute Gasteiger partial charge is 0.212 e. The average Bonchev–Trinajstić information content (AvgIpc) is 3.40. The van der Waals surface area contributed by atoms with Crippen molar-refractivity contribution in [3.05, 3.63) is 64.3 Å². The molecule has 1 atom stereocenters. The summed E-state index contributed by atoms with van der Waals surface area (Å²) in [6, 6.07) is 5.81. The molecule has 8 radical (unpaired) electrons. The Labute approximate surface area is 228 Å². The van der Waals surface area contributed by atoms with Crippen LogP contribution in [0.25, 0.3) is 22.5 Å². The number of carbonyl (C=O) groups is 1. The topological polar surface area (TPSA) is 86.9 Å². The molecule has 14 heteroatoms. The van der Waals surface area contributed by atoms with Gasteiger partial charge in [-0.1, -0.05) is 18.5 Å². The third-order valence-electron chi connectivity index (χ3n) is 6.32. The highest BCUT2D eigenvalue weighted by molar-refractivity contribution is 6.45. The van der Waals surface area contributed by atoms with Gasteiger partial charge in [-0.3, -0.25) is 14.2 Å². The van der Waals surface area contributed by atoms with Gasteiger partial charge in [0, 0.05) is 41.7 Å². The molecular formula is C24H18B4ClFN6O2. The minimum atomic E-state index is -1.78. The molecular weight excluding hydrogens is 502 g/mol. The fourth-order valence-electron chi connectivity index (χ4n) is 4.67. The number of hydrogen-bond acceptors (Lipinski definition) is 5. The molecule has 8 nitrogen and oxygen atoms in total. The van der Waals surface area contributed by atoms with Gasteiger partial charge in [0.15, 0.2) is 16.7 Å². The number of aromatic nitrogens is 5. The number of ether oxygens (including phenoxy) is 1. The maximum atomic E-state index is 14.5. The van der Waals surface area contributed by atoms with Crippen molar-refractivity contribution in [1.82, 2.24) is 24.5 Å². The van der Waals surface area contributed by atoms with E-state index in [-0.39, 0.29) is 28.0 Å². The number of aryl methyl sites for hydroxylation is 1. The molecule has 1 aliphatic rings. The predicted molar refractivity (Wildman–Crippen MR) is 145 cm³/mol. The molecule has 0 spiro atoms. The molecule has 5 rings (SSSR count). The molecule has 3 aromatic heterocycles. The zero-order valence-electron chi connectivity index (χ0n) is 20.7. The molecule has 0 unspecified atom stereocenters. The van der Waals surface area contributed by atoms with E-state index in [4.69, 9.17) is 47.7 Å². The molecule has 1 aromatic carbocycles. The van der Waals surface area contributed by atoms with Gasteiger partial charge in [-0.25, -0.2) is 9.37 Å². The summed E-state index contributed by atoms with van der Waals surface area (Å²) in [7, 11) is 28.0. The molecule has 38 heavy (non-hydrogen) atoms. The molecule has 1 aliphatic heterocycles. The highest BCUT2D eigenvalue weighted by atomic mass is 35.5. The minimum absolute atomic E-state index is 0.0516. The Bertz CT molecular complexity index is 1580. The summed E-state index contributed by atoms with van der Waals surface area (Å²) in [6.07, 6.45) is 2.83. The number of fused-ring (bicyclic) bond motifs is 7. The number of nitrogens with one attached hydrogen (secondary N) is 1. The number of rotatable bonds is 3. The van der Waals surface area contributed by atoms with Crippen LogP contribution in [0.1, 0.15) is 36.6 Å². The fourth-order valence-corrected chi connectivity index (χ4v) is 4.99. The maximum Gasteiger partial charge on any atom is 0.212 e. The molecule has 0 saturated heterocycles. The van der Waals surface area contributed by atoms with Crippen LogP contribution in [0.2, 0.25) is 5.15 Å². The first-order valence-electron chi connectivity index (χ1n) is 11.5. The summed E-state index contributed by atoms with van der Waals surface area (Å²) in [5.74, 6) is -0.187. The van der Waals surface area contributed by atoms with Crippen molar-refractivity contribution in [3.8, 4) is 28.3 Å². The van der Waals surface area contributed by atoms with Crippen LogP contribution in [0.5, 0.6) is 5.75 Å². The van der Waals surface area contributed by atoms with Crippen molar-refractivity contribution in [3.63, 3.8) is 0 Å². The second-order valence-corrected chi connectivity index (χ2v) is 9.77. The number of amides is 1. The fraction of sp³-hybridized carbons (Fsp3) is 0.250. The van der Waals surface area contributed by atoms with E-state index in [9.17, 15) is 9.18 Å². The number of carbonyl (C=O) groups excluding carboxylic acids is 1. The third-order valence-corrected chi connectivity index (χ3v) is 6.58. The number of nitrogens with zero attached hydrogens (tertiary/aromatic N) is 5. The second-order valence-electron chi connectivity index (χ2n) is 9.41.